The van der Waals surface area contributed by atoms with E-state index in [0.29, 0.717) is 31.1 Å². The second-order valence-corrected chi connectivity index (χ2v) is 6.66. The predicted molar refractivity (Wildman–Crippen MR) is 84.3 cm³/mol. The number of benzene rings is 1. The molecule has 1 aromatic heterocycles. The Labute approximate surface area is 131 Å². The van der Waals surface area contributed by atoms with Gasteiger partial charge < -0.3 is 4.74 Å². The second-order valence-electron chi connectivity index (χ2n) is 5.04. The molecule has 1 aromatic carbocycles. The number of fused-ring (bicyclic) bond motifs is 1. The van der Waals surface area contributed by atoms with Gasteiger partial charge in [0.2, 0.25) is 0 Å². The van der Waals surface area contributed by atoms with E-state index < -0.39 is 5.41 Å². The smallest absolute Gasteiger partial charge is 0.158 e. The molecule has 106 valence electrons. The maximum absolute atomic E-state index is 12.5. The van der Waals surface area contributed by atoms with E-state index in [4.69, 9.17) is 27.9 Å². The van der Waals surface area contributed by atoms with Crippen LogP contribution in [0.15, 0.2) is 23.6 Å². The highest BCUT2D eigenvalue weighted by Crippen LogP contribution is 2.43. The second kappa shape index (κ2) is 5.64. The van der Waals surface area contributed by atoms with Crippen LogP contribution in [0.5, 0.6) is 0 Å². The zero-order valence-corrected chi connectivity index (χ0v) is 13.2. The number of alkyl halides is 1. The molecule has 1 fully saturated rings. The third kappa shape index (κ3) is 2.27. The number of Topliss-reactive ketones (excluding diaryl/α,β-unsaturated/α-hetero) is 1. The molecule has 0 saturated carbocycles. The Morgan fingerprint density at radius 1 is 1.35 bits per heavy atom. The number of hydrogen-bond acceptors (Lipinski definition) is 3. The van der Waals surface area contributed by atoms with E-state index in [1.807, 2.05) is 18.2 Å². The van der Waals surface area contributed by atoms with E-state index in [1.54, 1.807) is 11.3 Å². The lowest BCUT2D eigenvalue weighted by molar-refractivity contribution is -0.125. The molecule has 1 aliphatic rings. The fourth-order valence-corrected chi connectivity index (χ4v) is 4.39. The van der Waals surface area contributed by atoms with Crippen LogP contribution in [0, 0.1) is 0 Å². The molecular formula is C15H14Cl2O2S. The maximum atomic E-state index is 12.5. The zero-order chi connectivity index (χ0) is 14.2. The monoisotopic (exact) mass is 328 g/mol. The van der Waals surface area contributed by atoms with Gasteiger partial charge in [-0.1, -0.05) is 11.6 Å². The van der Waals surface area contributed by atoms with Gasteiger partial charge in [-0.15, -0.1) is 22.9 Å². The molecule has 3 rings (SSSR count). The summed E-state index contributed by atoms with van der Waals surface area (Å²) in [6.07, 6.45) is 1.38. The molecule has 2 aromatic rings. The number of carbonyl (C=O) groups is 1. The SMILES string of the molecule is O=C(CCl)C1(c2csc3ccc(Cl)cc23)CCOCC1. The zero-order valence-electron chi connectivity index (χ0n) is 10.8. The molecule has 2 nitrogen and oxygen atoms in total. The molecule has 20 heavy (non-hydrogen) atoms. The minimum Gasteiger partial charge on any atom is -0.381 e. The molecule has 5 heteroatoms. The van der Waals surface area contributed by atoms with Crippen LogP contribution in [-0.4, -0.2) is 24.9 Å². The Morgan fingerprint density at radius 3 is 2.80 bits per heavy atom. The van der Waals surface area contributed by atoms with Crippen molar-refractivity contribution in [3.05, 3.63) is 34.2 Å². The molecule has 0 aliphatic carbocycles. The minimum absolute atomic E-state index is 0.0396. The van der Waals surface area contributed by atoms with Gasteiger partial charge in [-0.25, -0.2) is 0 Å². The van der Waals surface area contributed by atoms with Gasteiger partial charge in [0.15, 0.2) is 5.78 Å². The Kier molecular flexibility index (Phi) is 4.04. The first-order chi connectivity index (χ1) is 9.67. The van der Waals surface area contributed by atoms with E-state index in [0.717, 1.165) is 15.6 Å². The Balaban J connectivity index is 2.18. The van der Waals surface area contributed by atoms with Gasteiger partial charge in [-0.2, -0.15) is 0 Å². The Hall–Kier alpha value is -0.610. The number of carbonyl (C=O) groups excluding carboxylic acids is 1. The molecule has 1 saturated heterocycles. The fourth-order valence-electron chi connectivity index (χ4n) is 2.92. The lowest BCUT2D eigenvalue weighted by Gasteiger charge is -2.35. The average molecular weight is 329 g/mol. The molecular weight excluding hydrogens is 315 g/mol. The molecule has 0 atom stereocenters. The van der Waals surface area contributed by atoms with Crippen molar-refractivity contribution in [2.24, 2.45) is 0 Å². The quantitative estimate of drug-likeness (QED) is 0.780. The largest absolute Gasteiger partial charge is 0.381 e. The maximum Gasteiger partial charge on any atom is 0.158 e. The van der Waals surface area contributed by atoms with Gasteiger partial charge in [-0.05, 0) is 47.4 Å². The molecule has 0 unspecified atom stereocenters. The summed E-state index contributed by atoms with van der Waals surface area (Å²) in [6, 6.07) is 5.83. The van der Waals surface area contributed by atoms with Gasteiger partial charge in [-0.3, -0.25) is 4.79 Å². The van der Waals surface area contributed by atoms with Crippen molar-refractivity contribution in [1.82, 2.24) is 0 Å². The first-order valence-corrected chi connectivity index (χ1v) is 8.31. The number of hydrogen-bond donors (Lipinski definition) is 0. The van der Waals surface area contributed by atoms with Gasteiger partial charge in [0.05, 0.1) is 11.3 Å². The summed E-state index contributed by atoms with van der Waals surface area (Å²) >= 11 is 13.6. The predicted octanol–water partition coefficient (Wildman–Crippen LogP) is 4.41. The van der Waals surface area contributed by atoms with Crippen molar-refractivity contribution < 1.29 is 9.53 Å². The molecule has 0 radical (unpaired) electrons. The molecule has 2 heterocycles. The number of rotatable bonds is 3. The number of ketones is 1. The summed E-state index contributed by atoms with van der Waals surface area (Å²) in [5.41, 5.74) is 0.553. The van der Waals surface area contributed by atoms with Gasteiger partial charge in [0.1, 0.15) is 0 Å². The third-order valence-corrected chi connectivity index (χ3v) is 5.49. The van der Waals surface area contributed by atoms with Gasteiger partial charge in [0.25, 0.3) is 0 Å². The number of ether oxygens (including phenoxy) is 1. The Morgan fingerprint density at radius 2 is 2.10 bits per heavy atom. The van der Waals surface area contributed by atoms with Crippen LogP contribution in [0.4, 0.5) is 0 Å². The minimum atomic E-state index is -0.511. The standard InChI is InChI=1S/C15H14Cl2O2S/c16-8-14(18)15(3-5-19-6-4-15)12-9-20-13-2-1-10(17)7-11(12)13/h1-2,7,9H,3-6,8H2. The first-order valence-electron chi connectivity index (χ1n) is 6.51. The summed E-state index contributed by atoms with van der Waals surface area (Å²) in [6.45, 7) is 1.20. The lowest BCUT2D eigenvalue weighted by Crippen LogP contribution is -2.42. The summed E-state index contributed by atoms with van der Waals surface area (Å²) in [4.78, 5) is 12.5. The van der Waals surface area contributed by atoms with E-state index in [2.05, 4.69) is 5.38 Å². The van der Waals surface area contributed by atoms with Crippen LogP contribution in [0.2, 0.25) is 5.02 Å². The van der Waals surface area contributed by atoms with E-state index >= 15 is 0 Å². The van der Waals surface area contributed by atoms with Crippen LogP contribution in [0.25, 0.3) is 10.1 Å². The highest BCUT2D eigenvalue weighted by Gasteiger charge is 2.42. The molecule has 0 N–H and O–H groups in total. The van der Waals surface area contributed by atoms with Crippen molar-refractivity contribution in [3.63, 3.8) is 0 Å². The highest BCUT2D eigenvalue weighted by molar-refractivity contribution is 7.17. The van der Waals surface area contributed by atoms with Crippen molar-refractivity contribution in [3.8, 4) is 0 Å². The van der Waals surface area contributed by atoms with Crippen LogP contribution < -0.4 is 0 Å². The summed E-state index contributed by atoms with van der Waals surface area (Å²) < 4.78 is 6.59. The average Bonchev–Trinajstić information content (AvgIpc) is 2.90. The van der Waals surface area contributed by atoms with Gasteiger partial charge in [0, 0.05) is 22.9 Å². The molecule has 0 amide bonds. The summed E-state index contributed by atoms with van der Waals surface area (Å²) in [7, 11) is 0. The third-order valence-electron chi connectivity index (χ3n) is 4.05. The van der Waals surface area contributed by atoms with Crippen LogP contribution >= 0.6 is 34.5 Å². The summed E-state index contributed by atoms with van der Waals surface area (Å²) in [5, 5.41) is 3.84. The lowest BCUT2D eigenvalue weighted by atomic mass is 9.71. The topological polar surface area (TPSA) is 26.3 Å². The molecule has 1 aliphatic heterocycles. The highest BCUT2D eigenvalue weighted by atomic mass is 35.5. The van der Waals surface area contributed by atoms with E-state index in [1.165, 1.54) is 0 Å². The van der Waals surface area contributed by atoms with Crippen LogP contribution in [0.3, 0.4) is 0 Å². The van der Waals surface area contributed by atoms with Crippen molar-refractivity contribution in [2.75, 3.05) is 19.1 Å². The fraction of sp³-hybridized carbons (Fsp3) is 0.400. The van der Waals surface area contributed by atoms with Crippen molar-refractivity contribution in [2.45, 2.75) is 18.3 Å². The Bertz CT molecular complexity index is 644. The van der Waals surface area contributed by atoms with Crippen molar-refractivity contribution in [1.29, 1.82) is 0 Å². The molecule has 0 bridgehead atoms. The number of halogens is 2. The van der Waals surface area contributed by atoms with Crippen LogP contribution in [0.1, 0.15) is 18.4 Å². The first kappa shape index (κ1) is 14.3. The van der Waals surface area contributed by atoms with E-state index in [-0.39, 0.29) is 11.7 Å². The number of thiophene rings is 1. The van der Waals surface area contributed by atoms with Crippen molar-refractivity contribution >= 4 is 50.4 Å². The normalized spacial score (nSPS) is 18.3. The van der Waals surface area contributed by atoms with Crippen LogP contribution in [-0.2, 0) is 14.9 Å². The van der Waals surface area contributed by atoms with Gasteiger partial charge >= 0.3 is 0 Å². The van der Waals surface area contributed by atoms with E-state index in [9.17, 15) is 4.79 Å². The molecule has 0 spiro atoms. The summed E-state index contributed by atoms with van der Waals surface area (Å²) in [5.74, 6) is 0.125.